The highest BCUT2D eigenvalue weighted by molar-refractivity contribution is 5.69. The Morgan fingerprint density at radius 3 is 1.28 bits per heavy atom. The van der Waals surface area contributed by atoms with Gasteiger partial charge in [-0.05, 0) is 0 Å². The molecule has 10 atom stereocenters. The number of hydrogen-bond donors (Lipinski definition) is 0. The van der Waals surface area contributed by atoms with Crippen molar-refractivity contribution < 1.29 is 90.1 Å². The van der Waals surface area contributed by atoms with Crippen LogP contribution in [-0.4, -0.2) is 130 Å². The maximum atomic E-state index is 13.1. The van der Waals surface area contributed by atoms with Crippen molar-refractivity contribution in [2.75, 3.05) is 26.5 Å². The number of hydrogen-bond acceptors (Lipinski definition) is 18. The summed E-state index contributed by atoms with van der Waals surface area (Å²) >= 11 is 0. The van der Waals surface area contributed by atoms with E-state index in [1.54, 1.807) is 0 Å². The van der Waals surface area contributed by atoms with Gasteiger partial charge < -0.3 is 52.1 Å². The van der Waals surface area contributed by atoms with E-state index in [1.165, 1.54) is 0 Å². The number of carbonyl (C=O) groups is 7. The van der Waals surface area contributed by atoms with Crippen molar-refractivity contribution in [3.05, 3.63) is 0 Å². The first-order valence-electron chi connectivity index (χ1n) is 14.3. The molecule has 0 N–H and O–H groups in total. The number of carbonyl (C=O) groups excluding carboxylic acids is 7. The van der Waals surface area contributed by atoms with E-state index < -0.39 is 130 Å². The second kappa shape index (κ2) is 18.4. The Labute approximate surface area is 268 Å². The number of esters is 7. The minimum Gasteiger partial charge on any atom is -0.463 e. The van der Waals surface area contributed by atoms with Crippen molar-refractivity contribution in [2.45, 2.75) is 110 Å². The number of ether oxygens (including phenoxy) is 11. The minimum atomic E-state index is -1.82. The van der Waals surface area contributed by atoms with Gasteiger partial charge in [-0.1, -0.05) is 0 Å². The van der Waals surface area contributed by atoms with E-state index in [0.29, 0.717) is 0 Å². The van der Waals surface area contributed by atoms with Crippen LogP contribution in [0.25, 0.3) is 0 Å². The van der Waals surface area contributed by atoms with Gasteiger partial charge in [-0.25, -0.2) is 4.39 Å². The molecule has 2 fully saturated rings. The summed E-state index contributed by atoms with van der Waals surface area (Å²) < 4.78 is 73.6. The van der Waals surface area contributed by atoms with Gasteiger partial charge in [0.2, 0.25) is 0 Å². The van der Waals surface area contributed by atoms with Crippen LogP contribution in [0.15, 0.2) is 0 Å². The summed E-state index contributed by atoms with van der Waals surface area (Å²) in [6.07, 6.45) is -16.0. The molecule has 2 saturated heterocycles. The maximum absolute atomic E-state index is 13.1. The third-order valence-electron chi connectivity index (χ3n) is 6.24. The Morgan fingerprint density at radius 1 is 0.489 bits per heavy atom. The van der Waals surface area contributed by atoms with Crippen LogP contribution in [0.5, 0.6) is 0 Å². The van der Waals surface area contributed by atoms with Crippen LogP contribution in [0.1, 0.15) is 48.5 Å². The first kappa shape index (κ1) is 39.2. The van der Waals surface area contributed by atoms with E-state index >= 15 is 0 Å². The summed E-state index contributed by atoms with van der Waals surface area (Å²) in [5.41, 5.74) is 0. The minimum absolute atomic E-state index is 0.541. The maximum Gasteiger partial charge on any atom is 0.303 e. The van der Waals surface area contributed by atoms with E-state index in [9.17, 15) is 38.0 Å². The molecular weight excluding hydrogens is 642 g/mol. The third kappa shape index (κ3) is 12.3. The summed E-state index contributed by atoms with van der Waals surface area (Å²) in [6, 6.07) is 0. The standard InChI is InChI=1S/C28H39FO18/c1-12(30)38-10-19-21(40-14(3)32)23(41-15(4)33)26(44-18(7)36)28(46-19)47-22-20(11-39-13(2)31)45-27(37-9-8-29)25(43-17(6)35)24(22)42-16(5)34/h19-28H,8-11H2,1-7H3/t19-,20-,21+,22-,23+,24+,25-,26-,27-,28+/m1/s1/i29-1. The zero-order valence-electron chi connectivity index (χ0n) is 26.8. The van der Waals surface area contributed by atoms with Gasteiger partial charge in [-0.2, -0.15) is 0 Å². The van der Waals surface area contributed by atoms with Crippen LogP contribution in [-0.2, 0) is 85.7 Å². The first-order valence-corrected chi connectivity index (χ1v) is 14.3. The van der Waals surface area contributed by atoms with Crippen LogP contribution in [0.4, 0.5) is 4.39 Å². The van der Waals surface area contributed by atoms with Crippen molar-refractivity contribution in [3.63, 3.8) is 0 Å². The van der Waals surface area contributed by atoms with E-state index in [0.717, 1.165) is 48.5 Å². The fourth-order valence-corrected chi connectivity index (χ4v) is 4.77. The molecule has 0 radical (unpaired) electrons. The molecule has 0 unspecified atom stereocenters. The second-order valence-electron chi connectivity index (χ2n) is 10.2. The van der Waals surface area contributed by atoms with Crippen molar-refractivity contribution in [1.29, 1.82) is 0 Å². The SMILES string of the molecule is CC(=O)OC[C@H]1O[C@@H](O[C@H]2[C@H](OC(C)=O)[C@@H](OC(C)=O)[C@H](OCC[18F])O[C@@H]2COC(C)=O)[C@H](OC(C)=O)[C@@H](OC(C)=O)[C@H]1OC(C)=O. The summed E-state index contributed by atoms with van der Waals surface area (Å²) in [6.45, 7) is 4.57. The van der Waals surface area contributed by atoms with Gasteiger partial charge in [0.15, 0.2) is 43.1 Å². The fraction of sp³-hybridized carbons (Fsp3) is 0.750. The van der Waals surface area contributed by atoms with Gasteiger partial charge in [0.1, 0.15) is 38.2 Å². The monoisotopic (exact) mass is 681 g/mol. The molecule has 0 aromatic heterocycles. The largest absolute Gasteiger partial charge is 0.463 e. The highest BCUT2D eigenvalue weighted by Crippen LogP contribution is 2.35. The molecular formula is C28H39FO18. The van der Waals surface area contributed by atoms with Crippen LogP contribution < -0.4 is 0 Å². The third-order valence-corrected chi connectivity index (χ3v) is 6.24. The summed E-state index contributed by atoms with van der Waals surface area (Å²) in [4.78, 5) is 84.3. The summed E-state index contributed by atoms with van der Waals surface area (Å²) in [7, 11) is 0. The van der Waals surface area contributed by atoms with Crippen LogP contribution in [0.2, 0.25) is 0 Å². The molecule has 0 amide bonds. The predicted molar refractivity (Wildman–Crippen MR) is 145 cm³/mol. The lowest BCUT2D eigenvalue weighted by Gasteiger charge is -2.48. The lowest BCUT2D eigenvalue weighted by Crippen LogP contribution is -2.67. The molecule has 0 saturated carbocycles. The average Bonchev–Trinajstić information content (AvgIpc) is 2.94. The zero-order valence-corrected chi connectivity index (χ0v) is 26.8. The number of rotatable bonds is 14. The molecule has 19 heteroatoms. The van der Waals surface area contributed by atoms with Crippen LogP contribution >= 0.6 is 0 Å². The lowest BCUT2D eigenvalue weighted by atomic mass is 9.96. The molecule has 0 spiro atoms. The Morgan fingerprint density at radius 2 is 0.851 bits per heavy atom. The second-order valence-corrected chi connectivity index (χ2v) is 10.2. The van der Waals surface area contributed by atoms with Gasteiger partial charge in [-0.15, -0.1) is 0 Å². The molecule has 18 nitrogen and oxygen atoms in total. The first-order chi connectivity index (χ1) is 22.0. The van der Waals surface area contributed by atoms with E-state index in [2.05, 4.69) is 0 Å². The zero-order chi connectivity index (χ0) is 35.4. The van der Waals surface area contributed by atoms with Crippen LogP contribution in [0, 0.1) is 0 Å². The van der Waals surface area contributed by atoms with Crippen molar-refractivity contribution in [1.82, 2.24) is 0 Å². The van der Waals surface area contributed by atoms with Gasteiger partial charge in [0.05, 0.1) is 6.61 Å². The molecule has 0 bridgehead atoms. The van der Waals surface area contributed by atoms with Gasteiger partial charge >= 0.3 is 41.8 Å². The van der Waals surface area contributed by atoms with Crippen molar-refractivity contribution >= 4 is 41.8 Å². The normalized spacial score (nSPS) is 30.2. The Balaban J connectivity index is 2.71. The smallest absolute Gasteiger partial charge is 0.303 e. The van der Waals surface area contributed by atoms with Gasteiger partial charge in [0.25, 0.3) is 0 Å². The quantitative estimate of drug-likeness (QED) is 0.168. The van der Waals surface area contributed by atoms with Crippen LogP contribution in [0.3, 0.4) is 0 Å². The topological polar surface area (TPSA) is 221 Å². The molecule has 0 aromatic rings. The molecule has 47 heavy (non-hydrogen) atoms. The van der Waals surface area contributed by atoms with Crippen molar-refractivity contribution in [2.24, 2.45) is 0 Å². The van der Waals surface area contributed by atoms with E-state index in [1.807, 2.05) is 0 Å². The molecule has 0 aromatic carbocycles. The molecule has 266 valence electrons. The summed E-state index contributed by atoms with van der Waals surface area (Å²) in [5, 5.41) is 0. The number of alkyl halides is 1. The van der Waals surface area contributed by atoms with Gasteiger partial charge in [-0.3, -0.25) is 33.6 Å². The lowest BCUT2D eigenvalue weighted by molar-refractivity contribution is -0.361. The highest BCUT2D eigenvalue weighted by Gasteiger charge is 2.57. The van der Waals surface area contributed by atoms with Gasteiger partial charge in [0, 0.05) is 48.5 Å². The fourth-order valence-electron chi connectivity index (χ4n) is 4.77. The molecule has 2 heterocycles. The average molecular weight is 682 g/mol. The molecule has 2 rings (SSSR count). The number of halogens is 1. The predicted octanol–water partition coefficient (Wildman–Crippen LogP) is -0.408. The van der Waals surface area contributed by atoms with Crippen molar-refractivity contribution in [3.8, 4) is 0 Å². The van der Waals surface area contributed by atoms with E-state index in [4.69, 9.17) is 52.1 Å². The molecule has 2 aliphatic rings. The van der Waals surface area contributed by atoms with E-state index in [-0.39, 0.29) is 0 Å². The Hall–Kier alpha value is -3.94. The highest BCUT2D eigenvalue weighted by atomic mass is 18.2. The Kier molecular flexibility index (Phi) is 15.4. The Bertz CT molecular complexity index is 1140. The molecule has 2 aliphatic heterocycles. The molecule has 0 aliphatic carbocycles. The summed E-state index contributed by atoms with van der Waals surface area (Å²) in [5.74, 6) is -6.06.